The average Bonchev–Trinajstić information content (AvgIpc) is 3.00. The number of alkyl halides is 3. The van der Waals surface area contributed by atoms with E-state index in [-0.39, 0.29) is 16.6 Å². The van der Waals surface area contributed by atoms with Crippen LogP contribution < -0.4 is 0 Å². The maximum Gasteiger partial charge on any atom is 0.413 e. The zero-order valence-corrected chi connectivity index (χ0v) is 16.2. The lowest BCUT2D eigenvalue weighted by Gasteiger charge is -2.39. The van der Waals surface area contributed by atoms with Gasteiger partial charge in [-0.2, -0.15) is 18.2 Å². The Morgan fingerprint density at radius 2 is 2.10 bits per heavy atom. The number of nitro groups is 1. The molecule has 158 valence electrons. The van der Waals surface area contributed by atoms with Crippen molar-refractivity contribution in [2.45, 2.75) is 44.3 Å². The Labute approximate surface area is 167 Å². The van der Waals surface area contributed by atoms with Crippen molar-refractivity contribution in [3.63, 3.8) is 0 Å². The molecular formula is C17H18F3N3O5S. The number of hydrogen-bond acceptors (Lipinski definition) is 8. The Hall–Kier alpha value is -2.05. The molecule has 1 aliphatic carbocycles. The lowest BCUT2D eigenvalue weighted by molar-refractivity contribution is -0.428. The van der Waals surface area contributed by atoms with Gasteiger partial charge in [0.2, 0.25) is 5.88 Å². The Morgan fingerprint density at radius 1 is 1.41 bits per heavy atom. The zero-order valence-electron chi connectivity index (χ0n) is 15.4. The zero-order chi connectivity index (χ0) is 21.0. The summed E-state index contributed by atoms with van der Waals surface area (Å²) in [4.78, 5) is 16.4. The van der Waals surface area contributed by atoms with E-state index in [2.05, 4.69) is 4.99 Å². The van der Waals surface area contributed by atoms with E-state index in [0.29, 0.717) is 37.7 Å². The van der Waals surface area contributed by atoms with Crippen LogP contribution in [0.4, 0.5) is 13.2 Å². The first-order valence-electron chi connectivity index (χ1n) is 9.00. The second-order valence-corrected chi connectivity index (χ2v) is 8.23. The van der Waals surface area contributed by atoms with E-state index in [1.54, 1.807) is 0 Å². The third-order valence-electron chi connectivity index (χ3n) is 5.20. The summed E-state index contributed by atoms with van der Waals surface area (Å²) in [6.45, 7) is 3.39. The molecule has 1 N–H and O–H groups in total. The normalized spacial score (nSPS) is 27.2. The molecule has 0 amide bonds. The highest BCUT2D eigenvalue weighted by Crippen LogP contribution is 2.46. The van der Waals surface area contributed by atoms with E-state index in [4.69, 9.17) is 9.47 Å². The molecule has 0 aromatic carbocycles. The predicted octanol–water partition coefficient (Wildman–Crippen LogP) is 3.47. The van der Waals surface area contributed by atoms with Gasteiger partial charge in [0.1, 0.15) is 4.91 Å². The molecule has 4 aliphatic rings. The van der Waals surface area contributed by atoms with Crippen LogP contribution >= 0.6 is 11.8 Å². The van der Waals surface area contributed by atoms with E-state index in [1.165, 1.54) is 0 Å². The molecule has 1 unspecified atom stereocenters. The molecule has 0 bridgehead atoms. The SMILES string of the molecule is CC1COC2(CCN(C3=NC(O)=C4C=C(C(F)(F)F)CC([N+](=O)[O-])=C4S3)CC2)O1. The highest BCUT2D eigenvalue weighted by molar-refractivity contribution is 8.17. The van der Waals surface area contributed by atoms with E-state index in [1.807, 2.05) is 11.8 Å². The number of nitrogens with zero attached hydrogens (tertiary/aromatic N) is 3. The predicted molar refractivity (Wildman–Crippen MR) is 97.5 cm³/mol. The summed E-state index contributed by atoms with van der Waals surface area (Å²) in [5, 5.41) is 22.0. The Kier molecular flexibility index (Phi) is 4.90. The van der Waals surface area contributed by atoms with E-state index in [0.717, 1.165) is 17.8 Å². The number of fused-ring (bicyclic) bond motifs is 1. The van der Waals surface area contributed by atoms with Crippen LogP contribution in [0.25, 0.3) is 0 Å². The van der Waals surface area contributed by atoms with Crippen LogP contribution in [0.1, 0.15) is 26.2 Å². The first-order valence-corrected chi connectivity index (χ1v) is 9.82. The third kappa shape index (κ3) is 3.76. The van der Waals surface area contributed by atoms with E-state index < -0.39 is 40.5 Å². The highest BCUT2D eigenvalue weighted by atomic mass is 32.2. The van der Waals surface area contributed by atoms with Crippen molar-refractivity contribution >= 4 is 16.9 Å². The lowest BCUT2D eigenvalue weighted by atomic mass is 9.98. The van der Waals surface area contributed by atoms with Gasteiger partial charge in [0.15, 0.2) is 11.0 Å². The molecule has 2 saturated heterocycles. The van der Waals surface area contributed by atoms with Crippen molar-refractivity contribution in [2.75, 3.05) is 19.7 Å². The number of amidine groups is 1. The van der Waals surface area contributed by atoms with Crippen molar-refractivity contribution in [2.24, 2.45) is 4.99 Å². The van der Waals surface area contributed by atoms with Gasteiger partial charge in [-0.05, 0) is 24.8 Å². The number of aliphatic hydroxyl groups excluding tert-OH is 1. The van der Waals surface area contributed by atoms with Gasteiger partial charge in [-0.3, -0.25) is 10.1 Å². The van der Waals surface area contributed by atoms with Gasteiger partial charge in [0.05, 0.1) is 29.6 Å². The van der Waals surface area contributed by atoms with Crippen LogP contribution in [-0.4, -0.2) is 57.9 Å². The second-order valence-electron chi connectivity index (χ2n) is 7.25. The number of rotatable bonds is 1. The summed E-state index contributed by atoms with van der Waals surface area (Å²) in [7, 11) is 0. The van der Waals surface area contributed by atoms with Crippen molar-refractivity contribution in [3.8, 4) is 0 Å². The first kappa shape index (κ1) is 20.2. The van der Waals surface area contributed by atoms with Crippen molar-refractivity contribution in [3.05, 3.63) is 43.8 Å². The van der Waals surface area contributed by atoms with E-state index >= 15 is 0 Å². The summed E-state index contributed by atoms with van der Waals surface area (Å²) in [6, 6.07) is 0. The number of halogens is 3. The Morgan fingerprint density at radius 3 is 2.66 bits per heavy atom. The molecule has 8 nitrogen and oxygen atoms in total. The first-order chi connectivity index (χ1) is 13.6. The molecule has 0 saturated carbocycles. The largest absolute Gasteiger partial charge is 0.493 e. The monoisotopic (exact) mass is 433 g/mol. The third-order valence-corrected chi connectivity index (χ3v) is 6.39. The second kappa shape index (κ2) is 7.03. The van der Waals surface area contributed by atoms with Crippen molar-refractivity contribution < 1.29 is 32.7 Å². The van der Waals surface area contributed by atoms with Crippen LogP contribution in [0.5, 0.6) is 0 Å². The lowest BCUT2D eigenvalue weighted by Crippen LogP contribution is -2.47. The molecule has 0 aromatic heterocycles. The molecule has 12 heteroatoms. The summed E-state index contributed by atoms with van der Waals surface area (Å²) in [6.07, 6.45) is -3.75. The maximum atomic E-state index is 13.1. The summed E-state index contributed by atoms with van der Waals surface area (Å²) in [5.41, 5.74) is -1.95. The Balaban J connectivity index is 1.61. The van der Waals surface area contributed by atoms with Crippen molar-refractivity contribution in [1.29, 1.82) is 0 Å². The molecule has 4 rings (SSSR count). The highest BCUT2D eigenvalue weighted by Gasteiger charge is 2.45. The topological polar surface area (TPSA) is 97.4 Å². The minimum absolute atomic E-state index is 0.00198. The summed E-state index contributed by atoms with van der Waals surface area (Å²) in [5.74, 6) is -1.31. The van der Waals surface area contributed by atoms with Gasteiger partial charge in [0.25, 0.3) is 5.70 Å². The van der Waals surface area contributed by atoms with Gasteiger partial charge in [-0.15, -0.1) is 0 Å². The molecule has 3 aliphatic heterocycles. The van der Waals surface area contributed by atoms with Gasteiger partial charge < -0.3 is 19.5 Å². The average molecular weight is 433 g/mol. The smallest absolute Gasteiger partial charge is 0.413 e. The number of aliphatic imine (C=N–C) groups is 1. The number of allylic oxidation sites excluding steroid dienone is 3. The van der Waals surface area contributed by atoms with Crippen LogP contribution in [0.15, 0.2) is 38.7 Å². The number of aliphatic hydroxyl groups is 1. The molecule has 0 radical (unpaired) electrons. The summed E-state index contributed by atoms with van der Waals surface area (Å²) < 4.78 is 51.0. The molecule has 3 heterocycles. The molecule has 0 aromatic rings. The fraction of sp³-hybridized carbons (Fsp3) is 0.588. The number of ether oxygens (including phenoxy) is 2. The molecule has 2 fully saturated rings. The number of hydrogen-bond donors (Lipinski definition) is 1. The van der Waals surface area contributed by atoms with Gasteiger partial charge >= 0.3 is 6.18 Å². The number of thioether (sulfide) groups is 1. The van der Waals surface area contributed by atoms with Crippen LogP contribution in [0.2, 0.25) is 0 Å². The molecule has 29 heavy (non-hydrogen) atoms. The maximum absolute atomic E-state index is 13.1. The van der Waals surface area contributed by atoms with Crippen LogP contribution in [0.3, 0.4) is 0 Å². The molecule has 1 spiro atoms. The summed E-state index contributed by atoms with van der Waals surface area (Å²) >= 11 is 0.909. The van der Waals surface area contributed by atoms with E-state index in [9.17, 15) is 28.4 Å². The van der Waals surface area contributed by atoms with Crippen LogP contribution in [-0.2, 0) is 9.47 Å². The standard InChI is InChI=1S/C17H18F3N3O5S/c1-9-8-27-16(28-9)2-4-22(5-3-16)15-21-14(24)11-6-10(17(18,19)20)7-12(23(25)26)13(11)29-15/h6,9,24H,2-5,7-8H2,1H3. The quantitative estimate of drug-likeness (QED) is 0.500. The Bertz CT molecular complexity index is 872. The van der Waals surface area contributed by atoms with Crippen molar-refractivity contribution in [1.82, 2.24) is 4.90 Å². The van der Waals surface area contributed by atoms with Gasteiger partial charge in [0, 0.05) is 31.5 Å². The van der Waals surface area contributed by atoms with Crippen LogP contribution in [0, 0.1) is 10.1 Å². The van der Waals surface area contributed by atoms with Gasteiger partial charge in [-0.25, -0.2) is 0 Å². The molecular weight excluding hydrogens is 415 g/mol. The minimum Gasteiger partial charge on any atom is -0.493 e. The number of likely N-dealkylation sites (tertiary alicyclic amines) is 1. The van der Waals surface area contributed by atoms with Gasteiger partial charge in [-0.1, -0.05) is 0 Å². The molecule has 1 atom stereocenters. The number of piperidine rings is 1. The minimum atomic E-state index is -4.73. The fourth-order valence-electron chi connectivity index (χ4n) is 3.72. The fourth-order valence-corrected chi connectivity index (χ4v) is 4.87.